The van der Waals surface area contributed by atoms with E-state index in [4.69, 9.17) is 0 Å². The van der Waals surface area contributed by atoms with Crippen molar-refractivity contribution in [1.29, 1.82) is 0 Å². The lowest BCUT2D eigenvalue weighted by molar-refractivity contribution is 0.160. The number of amides is 2. The molecular weight excluding hydrogens is 233 g/mol. The van der Waals surface area contributed by atoms with Gasteiger partial charge in [0.25, 0.3) is 0 Å². The lowest BCUT2D eigenvalue weighted by Crippen LogP contribution is -2.51. The Balaban J connectivity index is 2.30. The summed E-state index contributed by atoms with van der Waals surface area (Å²) in [5.74, 6) is -0.244. The van der Waals surface area contributed by atoms with Crippen molar-refractivity contribution in [2.24, 2.45) is 0 Å². The van der Waals surface area contributed by atoms with E-state index in [1.54, 1.807) is 18.0 Å². The molecule has 2 amide bonds. The van der Waals surface area contributed by atoms with E-state index in [1.807, 2.05) is 6.92 Å². The number of hydrogen-bond donors (Lipinski definition) is 2. The second-order valence-electron chi connectivity index (χ2n) is 4.47. The molecule has 1 aliphatic rings. The first-order valence-corrected chi connectivity index (χ1v) is 6.08. The highest BCUT2D eigenvalue weighted by molar-refractivity contribution is 5.74. The van der Waals surface area contributed by atoms with E-state index >= 15 is 0 Å². The minimum Gasteiger partial charge on any atom is -0.341 e. The van der Waals surface area contributed by atoms with Crippen LogP contribution in [0.1, 0.15) is 17.2 Å². The molecule has 0 radical (unpaired) electrons. The molecule has 0 spiro atoms. The monoisotopic (exact) mass is 251 g/mol. The number of benzene rings is 1. The lowest BCUT2D eigenvalue weighted by Gasteiger charge is -2.36. The van der Waals surface area contributed by atoms with E-state index < -0.39 is 0 Å². The fraction of sp³-hybridized carbons (Fsp3) is 0.462. The van der Waals surface area contributed by atoms with Crippen LogP contribution in [-0.2, 0) is 0 Å². The summed E-state index contributed by atoms with van der Waals surface area (Å²) in [5, 5.41) is 5.92. The van der Waals surface area contributed by atoms with Crippen molar-refractivity contribution < 1.29 is 9.18 Å². The maximum atomic E-state index is 13.1. The number of rotatable bonds is 1. The van der Waals surface area contributed by atoms with Crippen LogP contribution in [0.3, 0.4) is 0 Å². The number of carbonyl (C=O) groups is 1. The Morgan fingerprint density at radius 1 is 1.56 bits per heavy atom. The molecule has 1 aliphatic heterocycles. The molecule has 1 heterocycles. The number of halogens is 1. The molecule has 0 aliphatic carbocycles. The largest absolute Gasteiger partial charge is 0.341 e. The summed E-state index contributed by atoms with van der Waals surface area (Å²) in [5.41, 5.74) is 1.87. The maximum Gasteiger partial charge on any atom is 0.317 e. The number of piperazine rings is 1. The Morgan fingerprint density at radius 2 is 2.33 bits per heavy atom. The molecule has 1 atom stereocenters. The van der Waals surface area contributed by atoms with E-state index in [0.717, 1.165) is 17.7 Å². The van der Waals surface area contributed by atoms with Crippen LogP contribution in [0, 0.1) is 12.7 Å². The van der Waals surface area contributed by atoms with Gasteiger partial charge >= 0.3 is 6.03 Å². The standard InChI is InChI=1S/C13H18FN3O/c1-9-7-10(14)3-4-11(9)12-8-16-5-6-17(12)13(18)15-2/h3-4,7,12,16H,5-6,8H2,1-2H3,(H,15,18)/t12-/m1/s1. The summed E-state index contributed by atoms with van der Waals surface area (Å²) in [4.78, 5) is 13.6. The number of carbonyl (C=O) groups excluding carboxylic acids is 1. The first-order chi connectivity index (χ1) is 8.63. The molecule has 0 saturated carbocycles. The average Bonchev–Trinajstić information content (AvgIpc) is 2.38. The number of urea groups is 1. The number of hydrogen-bond acceptors (Lipinski definition) is 2. The molecule has 0 aromatic heterocycles. The normalized spacial score (nSPS) is 19.7. The second-order valence-corrected chi connectivity index (χ2v) is 4.47. The SMILES string of the molecule is CNC(=O)N1CCNC[C@@H]1c1ccc(F)cc1C. The lowest BCUT2D eigenvalue weighted by atomic mass is 9.98. The number of nitrogens with zero attached hydrogens (tertiary/aromatic N) is 1. The van der Waals surface area contributed by atoms with Crippen LogP contribution in [0.25, 0.3) is 0 Å². The Bertz CT molecular complexity index is 450. The van der Waals surface area contributed by atoms with Gasteiger partial charge in [0.1, 0.15) is 5.82 Å². The summed E-state index contributed by atoms with van der Waals surface area (Å²) in [6, 6.07) is 4.58. The molecule has 98 valence electrons. The van der Waals surface area contributed by atoms with Crippen LogP contribution < -0.4 is 10.6 Å². The van der Waals surface area contributed by atoms with Gasteiger partial charge in [-0.2, -0.15) is 0 Å². The third-order valence-electron chi connectivity index (χ3n) is 3.31. The molecule has 1 aromatic rings. The van der Waals surface area contributed by atoms with Gasteiger partial charge < -0.3 is 15.5 Å². The molecule has 18 heavy (non-hydrogen) atoms. The van der Waals surface area contributed by atoms with Gasteiger partial charge in [-0.25, -0.2) is 9.18 Å². The van der Waals surface area contributed by atoms with Crippen LogP contribution in [0.4, 0.5) is 9.18 Å². The van der Waals surface area contributed by atoms with E-state index in [1.165, 1.54) is 12.1 Å². The van der Waals surface area contributed by atoms with Crippen LogP contribution in [-0.4, -0.2) is 37.6 Å². The zero-order chi connectivity index (χ0) is 13.1. The fourth-order valence-electron chi connectivity index (χ4n) is 2.38. The van der Waals surface area contributed by atoms with Gasteiger partial charge in [0.05, 0.1) is 6.04 Å². The van der Waals surface area contributed by atoms with Crippen molar-refractivity contribution >= 4 is 6.03 Å². The van der Waals surface area contributed by atoms with Crippen molar-refractivity contribution in [2.45, 2.75) is 13.0 Å². The number of aryl methyl sites for hydroxylation is 1. The van der Waals surface area contributed by atoms with E-state index in [9.17, 15) is 9.18 Å². The summed E-state index contributed by atoms with van der Waals surface area (Å²) in [6.45, 7) is 4.00. The van der Waals surface area contributed by atoms with Crippen molar-refractivity contribution in [3.8, 4) is 0 Å². The van der Waals surface area contributed by atoms with Gasteiger partial charge in [-0.05, 0) is 30.2 Å². The van der Waals surface area contributed by atoms with Crippen LogP contribution in [0.15, 0.2) is 18.2 Å². The summed E-state index contributed by atoms with van der Waals surface area (Å²) < 4.78 is 13.1. The van der Waals surface area contributed by atoms with Crippen molar-refractivity contribution in [2.75, 3.05) is 26.7 Å². The van der Waals surface area contributed by atoms with Gasteiger partial charge in [0, 0.05) is 26.7 Å². The quantitative estimate of drug-likeness (QED) is 0.793. The Kier molecular flexibility index (Phi) is 3.81. The molecule has 1 fully saturated rings. The molecule has 1 saturated heterocycles. The van der Waals surface area contributed by atoms with E-state index in [-0.39, 0.29) is 17.9 Å². The molecule has 2 N–H and O–H groups in total. The smallest absolute Gasteiger partial charge is 0.317 e. The Hall–Kier alpha value is -1.62. The summed E-state index contributed by atoms with van der Waals surface area (Å²) >= 11 is 0. The molecule has 4 nitrogen and oxygen atoms in total. The van der Waals surface area contributed by atoms with Gasteiger partial charge in [-0.15, -0.1) is 0 Å². The second kappa shape index (κ2) is 5.35. The molecule has 1 aromatic carbocycles. The fourth-order valence-corrected chi connectivity index (χ4v) is 2.38. The average molecular weight is 251 g/mol. The Morgan fingerprint density at radius 3 is 3.00 bits per heavy atom. The van der Waals surface area contributed by atoms with Crippen molar-refractivity contribution in [3.05, 3.63) is 35.1 Å². The minimum absolute atomic E-state index is 0.0423. The van der Waals surface area contributed by atoms with Gasteiger partial charge in [0.2, 0.25) is 0 Å². The molecule has 0 bridgehead atoms. The zero-order valence-corrected chi connectivity index (χ0v) is 10.7. The molecule has 5 heteroatoms. The highest BCUT2D eigenvalue weighted by Gasteiger charge is 2.28. The van der Waals surface area contributed by atoms with E-state index in [2.05, 4.69) is 10.6 Å². The highest BCUT2D eigenvalue weighted by Crippen LogP contribution is 2.25. The Labute approximate surface area is 106 Å². The topological polar surface area (TPSA) is 44.4 Å². The third-order valence-corrected chi connectivity index (χ3v) is 3.31. The predicted molar refractivity (Wildman–Crippen MR) is 67.9 cm³/mol. The third kappa shape index (κ3) is 2.46. The van der Waals surface area contributed by atoms with Gasteiger partial charge in [0.15, 0.2) is 0 Å². The predicted octanol–water partition coefficient (Wildman–Crippen LogP) is 1.42. The first-order valence-electron chi connectivity index (χ1n) is 6.08. The van der Waals surface area contributed by atoms with Gasteiger partial charge in [-0.1, -0.05) is 6.07 Å². The number of nitrogens with one attached hydrogen (secondary N) is 2. The molecule has 0 unspecified atom stereocenters. The van der Waals surface area contributed by atoms with Crippen LogP contribution >= 0.6 is 0 Å². The van der Waals surface area contributed by atoms with Crippen LogP contribution in [0.2, 0.25) is 0 Å². The van der Waals surface area contributed by atoms with Gasteiger partial charge in [-0.3, -0.25) is 0 Å². The molecule has 2 rings (SSSR count). The molecular formula is C13H18FN3O. The maximum absolute atomic E-state index is 13.1. The van der Waals surface area contributed by atoms with Crippen LogP contribution in [0.5, 0.6) is 0 Å². The summed E-state index contributed by atoms with van der Waals surface area (Å²) in [7, 11) is 1.62. The first kappa shape index (κ1) is 12.8. The van der Waals surface area contributed by atoms with Crippen molar-refractivity contribution in [3.63, 3.8) is 0 Å². The highest BCUT2D eigenvalue weighted by atomic mass is 19.1. The van der Waals surface area contributed by atoms with E-state index in [0.29, 0.717) is 13.1 Å². The summed E-state index contributed by atoms with van der Waals surface area (Å²) in [6.07, 6.45) is 0. The minimum atomic E-state index is -0.244. The zero-order valence-electron chi connectivity index (χ0n) is 10.7. The van der Waals surface area contributed by atoms with Crippen molar-refractivity contribution in [1.82, 2.24) is 15.5 Å².